The molecular weight excluding hydrogens is 379 g/mol. The van der Waals surface area contributed by atoms with E-state index in [-0.39, 0.29) is 18.3 Å². The molecule has 0 aliphatic carbocycles. The number of amides is 1. The molecule has 0 spiro atoms. The lowest BCUT2D eigenvalue weighted by Crippen LogP contribution is -2.30. The van der Waals surface area contributed by atoms with Gasteiger partial charge in [0.15, 0.2) is 16.6 Å². The topological polar surface area (TPSA) is 50.8 Å². The number of nitrogens with zero attached hydrogens (tertiary/aromatic N) is 1. The molecule has 1 saturated heterocycles. The molecule has 1 amide bonds. The zero-order valence-electron chi connectivity index (χ0n) is 15.7. The number of benzene rings is 2. The molecule has 7 heteroatoms. The highest BCUT2D eigenvalue weighted by atomic mass is 32.1. The van der Waals surface area contributed by atoms with E-state index < -0.39 is 0 Å². The molecule has 2 aromatic rings. The highest BCUT2D eigenvalue weighted by molar-refractivity contribution is 7.80. The first kappa shape index (κ1) is 19.8. The van der Waals surface area contributed by atoms with Crippen molar-refractivity contribution in [1.29, 1.82) is 0 Å². The lowest BCUT2D eigenvalue weighted by Gasteiger charge is -2.13. The van der Waals surface area contributed by atoms with Crippen molar-refractivity contribution < 1.29 is 18.7 Å². The first-order valence-electron chi connectivity index (χ1n) is 9.00. The molecule has 1 fully saturated rings. The Morgan fingerprint density at radius 2 is 1.96 bits per heavy atom. The standard InChI is InChI=1S/C21H21FN2O3S/c1-3-24-20(25)17(23-21(24)28)11-14-8-9-18(19(12-14)26-4-2)27-13-15-6-5-7-16(22)10-15/h5-12H,3-4,13H2,1-2H3,(H,23,28)/b17-11-. The van der Waals surface area contributed by atoms with E-state index in [0.29, 0.717) is 35.5 Å². The maximum absolute atomic E-state index is 13.3. The minimum absolute atomic E-state index is 0.156. The predicted molar refractivity (Wildman–Crippen MR) is 109 cm³/mol. The van der Waals surface area contributed by atoms with Crippen LogP contribution in [-0.4, -0.2) is 29.1 Å². The monoisotopic (exact) mass is 400 g/mol. The SMILES string of the molecule is CCOc1cc(/C=C2\NC(=S)N(CC)C2=O)ccc1OCc1cccc(F)c1. The van der Waals surface area contributed by atoms with Crippen molar-refractivity contribution in [1.82, 2.24) is 10.2 Å². The fourth-order valence-electron chi connectivity index (χ4n) is 2.82. The molecule has 0 bridgehead atoms. The van der Waals surface area contributed by atoms with Gasteiger partial charge in [0.25, 0.3) is 5.91 Å². The third kappa shape index (κ3) is 4.48. The molecule has 0 saturated carbocycles. The van der Waals surface area contributed by atoms with E-state index in [1.165, 1.54) is 17.0 Å². The minimum atomic E-state index is -0.305. The van der Waals surface area contributed by atoms with Gasteiger partial charge in [0, 0.05) is 6.54 Å². The smallest absolute Gasteiger partial charge is 0.276 e. The largest absolute Gasteiger partial charge is 0.490 e. The van der Waals surface area contributed by atoms with Gasteiger partial charge in [0.2, 0.25) is 0 Å². The summed E-state index contributed by atoms with van der Waals surface area (Å²) in [4.78, 5) is 13.8. The van der Waals surface area contributed by atoms with Crippen LogP contribution in [0.1, 0.15) is 25.0 Å². The van der Waals surface area contributed by atoms with Crippen LogP contribution in [0.3, 0.4) is 0 Å². The zero-order chi connectivity index (χ0) is 20.1. The molecular formula is C21H21FN2O3S. The molecule has 3 rings (SSSR count). The van der Waals surface area contributed by atoms with Crippen LogP contribution in [0.5, 0.6) is 11.5 Å². The molecule has 146 valence electrons. The number of hydrogen-bond donors (Lipinski definition) is 1. The van der Waals surface area contributed by atoms with Gasteiger partial charge in [-0.15, -0.1) is 0 Å². The number of halogens is 1. The maximum Gasteiger partial charge on any atom is 0.276 e. The number of nitrogens with one attached hydrogen (secondary N) is 1. The highest BCUT2D eigenvalue weighted by Crippen LogP contribution is 2.30. The quantitative estimate of drug-likeness (QED) is 0.565. The van der Waals surface area contributed by atoms with E-state index in [1.807, 2.05) is 19.9 Å². The number of carbonyl (C=O) groups is 1. The summed E-state index contributed by atoms with van der Waals surface area (Å²) in [5, 5.41) is 3.33. The second-order valence-corrected chi connectivity index (χ2v) is 6.48. The summed E-state index contributed by atoms with van der Waals surface area (Å²) in [5.41, 5.74) is 1.92. The van der Waals surface area contributed by atoms with Crippen molar-refractivity contribution in [2.24, 2.45) is 0 Å². The van der Waals surface area contributed by atoms with Crippen LogP contribution in [-0.2, 0) is 11.4 Å². The van der Waals surface area contributed by atoms with E-state index in [9.17, 15) is 9.18 Å². The second kappa shape index (κ2) is 8.84. The molecule has 0 unspecified atom stereocenters. The van der Waals surface area contributed by atoms with Gasteiger partial charge in [0.1, 0.15) is 18.1 Å². The predicted octanol–water partition coefficient (Wildman–Crippen LogP) is 3.88. The number of thiocarbonyl (C=S) groups is 1. The Kier molecular flexibility index (Phi) is 6.26. The summed E-state index contributed by atoms with van der Waals surface area (Å²) >= 11 is 5.17. The van der Waals surface area contributed by atoms with Crippen molar-refractivity contribution in [2.45, 2.75) is 20.5 Å². The van der Waals surface area contributed by atoms with Gasteiger partial charge in [-0.25, -0.2) is 4.39 Å². The molecule has 0 aromatic heterocycles. The number of likely N-dealkylation sites (N-methyl/N-ethyl adjacent to an activating group) is 1. The van der Waals surface area contributed by atoms with Crippen LogP contribution in [0.25, 0.3) is 6.08 Å². The van der Waals surface area contributed by atoms with Crippen molar-refractivity contribution >= 4 is 29.3 Å². The van der Waals surface area contributed by atoms with Gasteiger partial charge in [-0.05, 0) is 67.5 Å². The summed E-state index contributed by atoms with van der Waals surface area (Å²) in [6.45, 7) is 4.94. The molecule has 1 aliphatic rings. The minimum Gasteiger partial charge on any atom is -0.490 e. The molecule has 1 heterocycles. The van der Waals surface area contributed by atoms with Gasteiger partial charge in [0.05, 0.1) is 6.61 Å². The summed E-state index contributed by atoms with van der Waals surface area (Å²) < 4.78 is 24.8. The van der Waals surface area contributed by atoms with Crippen molar-refractivity contribution in [3.05, 3.63) is 65.1 Å². The first-order valence-corrected chi connectivity index (χ1v) is 9.41. The fourth-order valence-corrected chi connectivity index (χ4v) is 3.14. The van der Waals surface area contributed by atoms with Crippen molar-refractivity contribution in [2.75, 3.05) is 13.2 Å². The number of rotatable bonds is 7. The summed E-state index contributed by atoms with van der Waals surface area (Å²) in [7, 11) is 0. The average molecular weight is 400 g/mol. The highest BCUT2D eigenvalue weighted by Gasteiger charge is 2.29. The number of carbonyl (C=O) groups excluding carboxylic acids is 1. The van der Waals surface area contributed by atoms with E-state index in [1.54, 1.807) is 30.3 Å². The molecule has 0 radical (unpaired) electrons. The van der Waals surface area contributed by atoms with Crippen molar-refractivity contribution in [3.8, 4) is 11.5 Å². The second-order valence-electron chi connectivity index (χ2n) is 6.10. The van der Waals surface area contributed by atoms with Crippen LogP contribution in [0.2, 0.25) is 0 Å². The Morgan fingerprint density at radius 1 is 1.14 bits per heavy atom. The number of ether oxygens (including phenoxy) is 2. The Morgan fingerprint density at radius 3 is 2.64 bits per heavy atom. The number of hydrogen-bond acceptors (Lipinski definition) is 4. The van der Waals surface area contributed by atoms with Crippen LogP contribution < -0.4 is 14.8 Å². The zero-order valence-corrected chi connectivity index (χ0v) is 16.5. The van der Waals surface area contributed by atoms with Gasteiger partial charge in [-0.3, -0.25) is 9.69 Å². The van der Waals surface area contributed by atoms with Gasteiger partial charge in [-0.2, -0.15) is 0 Å². The van der Waals surface area contributed by atoms with Crippen LogP contribution >= 0.6 is 12.2 Å². The third-order valence-corrected chi connectivity index (χ3v) is 4.46. The normalized spacial score (nSPS) is 15.1. The van der Waals surface area contributed by atoms with Crippen molar-refractivity contribution in [3.63, 3.8) is 0 Å². The lowest BCUT2D eigenvalue weighted by atomic mass is 10.1. The molecule has 1 N–H and O–H groups in total. The Balaban J connectivity index is 1.80. The summed E-state index contributed by atoms with van der Waals surface area (Å²) in [5.74, 6) is 0.635. The van der Waals surface area contributed by atoms with Gasteiger partial charge < -0.3 is 14.8 Å². The molecule has 2 aromatic carbocycles. The molecule has 5 nitrogen and oxygen atoms in total. The van der Waals surface area contributed by atoms with Crippen LogP contribution in [0.4, 0.5) is 4.39 Å². The van der Waals surface area contributed by atoms with E-state index in [4.69, 9.17) is 21.7 Å². The average Bonchev–Trinajstić information content (AvgIpc) is 2.94. The summed E-state index contributed by atoms with van der Waals surface area (Å²) in [6, 6.07) is 11.6. The summed E-state index contributed by atoms with van der Waals surface area (Å²) in [6.07, 6.45) is 1.73. The molecule has 0 atom stereocenters. The van der Waals surface area contributed by atoms with Crippen LogP contribution in [0, 0.1) is 5.82 Å². The van der Waals surface area contributed by atoms with Gasteiger partial charge in [-0.1, -0.05) is 18.2 Å². The van der Waals surface area contributed by atoms with Gasteiger partial charge >= 0.3 is 0 Å². The van der Waals surface area contributed by atoms with Crippen LogP contribution in [0.15, 0.2) is 48.2 Å². The Labute approximate surface area is 168 Å². The third-order valence-electron chi connectivity index (χ3n) is 4.14. The Hall–Kier alpha value is -2.93. The van der Waals surface area contributed by atoms with E-state index in [0.717, 1.165) is 11.1 Å². The first-order chi connectivity index (χ1) is 13.5. The maximum atomic E-state index is 13.3. The molecule has 1 aliphatic heterocycles. The van der Waals surface area contributed by atoms with E-state index in [2.05, 4.69) is 5.32 Å². The molecule has 28 heavy (non-hydrogen) atoms. The fraction of sp³-hybridized carbons (Fsp3) is 0.238. The van der Waals surface area contributed by atoms with E-state index >= 15 is 0 Å². The Bertz CT molecular complexity index is 930. The lowest BCUT2D eigenvalue weighted by molar-refractivity contribution is -0.122.